The molecular formula is C16H21NO5S. The Morgan fingerprint density at radius 2 is 2.04 bits per heavy atom. The van der Waals surface area contributed by atoms with Crippen molar-refractivity contribution in [3.63, 3.8) is 0 Å². The minimum Gasteiger partial charge on any atom is -0.495 e. The van der Waals surface area contributed by atoms with Crippen LogP contribution in [0, 0.1) is 19.8 Å². The number of carboxylic acids is 1. The van der Waals surface area contributed by atoms with E-state index in [1.165, 1.54) is 7.11 Å². The van der Waals surface area contributed by atoms with Crippen LogP contribution in [0.4, 0.5) is 0 Å². The van der Waals surface area contributed by atoms with Crippen LogP contribution >= 0.6 is 0 Å². The van der Waals surface area contributed by atoms with Crippen molar-refractivity contribution in [2.75, 3.05) is 7.11 Å². The molecule has 126 valence electrons. The maximum Gasteiger partial charge on any atom is 0.306 e. The summed E-state index contributed by atoms with van der Waals surface area (Å²) in [7, 11) is -2.39. The topological polar surface area (TPSA) is 92.7 Å². The Labute approximate surface area is 136 Å². The Morgan fingerprint density at radius 1 is 1.35 bits per heavy atom. The van der Waals surface area contributed by atoms with E-state index in [9.17, 15) is 13.2 Å². The molecule has 1 aromatic carbocycles. The maximum absolute atomic E-state index is 12.7. The van der Waals surface area contributed by atoms with Crippen LogP contribution in [0.5, 0.6) is 5.75 Å². The lowest BCUT2D eigenvalue weighted by Crippen LogP contribution is -2.38. The lowest BCUT2D eigenvalue weighted by Gasteiger charge is -2.23. The fraction of sp³-hybridized carbons (Fsp3) is 0.438. The van der Waals surface area contributed by atoms with Gasteiger partial charge in [-0.15, -0.1) is 0 Å². The predicted molar refractivity (Wildman–Crippen MR) is 86.1 cm³/mol. The number of aliphatic carboxylic acids is 1. The van der Waals surface area contributed by atoms with Crippen molar-refractivity contribution < 1.29 is 23.1 Å². The molecule has 1 aliphatic carbocycles. The third-order valence-electron chi connectivity index (χ3n) is 3.86. The zero-order valence-corrected chi connectivity index (χ0v) is 14.2. The maximum atomic E-state index is 12.7. The first-order valence-corrected chi connectivity index (χ1v) is 8.80. The highest BCUT2D eigenvalue weighted by atomic mass is 32.2. The Morgan fingerprint density at radius 3 is 2.65 bits per heavy atom. The molecule has 0 spiro atoms. The first-order chi connectivity index (χ1) is 10.7. The van der Waals surface area contributed by atoms with Gasteiger partial charge < -0.3 is 9.84 Å². The van der Waals surface area contributed by atoms with Gasteiger partial charge >= 0.3 is 5.97 Å². The van der Waals surface area contributed by atoms with Crippen LogP contribution in [0.1, 0.15) is 24.0 Å². The van der Waals surface area contributed by atoms with Crippen molar-refractivity contribution in [3.05, 3.63) is 35.4 Å². The van der Waals surface area contributed by atoms with E-state index in [2.05, 4.69) is 4.72 Å². The van der Waals surface area contributed by atoms with Crippen molar-refractivity contribution in [3.8, 4) is 5.75 Å². The molecule has 0 fully saturated rings. The first-order valence-electron chi connectivity index (χ1n) is 7.31. The summed E-state index contributed by atoms with van der Waals surface area (Å²) in [4.78, 5) is 11.2. The lowest BCUT2D eigenvalue weighted by molar-refractivity contribution is -0.142. The van der Waals surface area contributed by atoms with Crippen LogP contribution in [-0.4, -0.2) is 32.6 Å². The molecule has 0 unspecified atom stereocenters. The number of aryl methyl sites for hydroxylation is 2. The molecule has 1 aromatic rings. The number of methoxy groups -OCH3 is 1. The number of sulfonamides is 1. The van der Waals surface area contributed by atoms with Gasteiger partial charge in [0.1, 0.15) is 10.6 Å². The quantitative estimate of drug-likeness (QED) is 0.801. The normalized spacial score (nSPS) is 21.2. The highest BCUT2D eigenvalue weighted by Crippen LogP contribution is 2.30. The number of nitrogens with one attached hydrogen (secondary N) is 1. The fourth-order valence-corrected chi connectivity index (χ4v) is 4.43. The third-order valence-corrected chi connectivity index (χ3v) is 5.53. The molecular weight excluding hydrogens is 318 g/mol. The number of carbonyl (C=O) groups is 1. The minimum absolute atomic E-state index is 0.0939. The van der Waals surface area contributed by atoms with E-state index >= 15 is 0 Å². The monoisotopic (exact) mass is 339 g/mol. The predicted octanol–water partition coefficient (Wildman–Crippen LogP) is 2.01. The number of ether oxygens (including phenoxy) is 1. The van der Waals surface area contributed by atoms with Gasteiger partial charge in [-0.25, -0.2) is 13.1 Å². The zero-order chi connectivity index (χ0) is 17.2. The van der Waals surface area contributed by atoms with Gasteiger partial charge in [0.05, 0.1) is 13.0 Å². The van der Waals surface area contributed by atoms with Crippen molar-refractivity contribution >= 4 is 16.0 Å². The van der Waals surface area contributed by atoms with E-state index in [4.69, 9.17) is 9.84 Å². The van der Waals surface area contributed by atoms with E-state index in [-0.39, 0.29) is 17.1 Å². The molecule has 23 heavy (non-hydrogen) atoms. The Hall–Kier alpha value is -1.86. The summed E-state index contributed by atoms with van der Waals surface area (Å²) in [6.45, 7) is 3.57. The van der Waals surface area contributed by atoms with Gasteiger partial charge in [-0.1, -0.05) is 18.2 Å². The molecule has 0 aromatic heterocycles. The smallest absolute Gasteiger partial charge is 0.306 e. The molecule has 2 atom stereocenters. The first kappa shape index (κ1) is 17.5. The summed E-state index contributed by atoms with van der Waals surface area (Å²) in [5.74, 6) is -1.21. The van der Waals surface area contributed by atoms with Gasteiger partial charge in [0, 0.05) is 6.04 Å². The van der Waals surface area contributed by atoms with E-state index in [0.29, 0.717) is 12.0 Å². The highest BCUT2D eigenvalue weighted by molar-refractivity contribution is 7.89. The molecule has 0 amide bonds. The number of hydrogen-bond acceptors (Lipinski definition) is 4. The van der Waals surface area contributed by atoms with Crippen LogP contribution < -0.4 is 9.46 Å². The minimum atomic E-state index is -3.82. The summed E-state index contributed by atoms with van der Waals surface area (Å²) in [6.07, 6.45) is 4.06. The van der Waals surface area contributed by atoms with Crippen molar-refractivity contribution in [2.45, 2.75) is 37.6 Å². The summed E-state index contributed by atoms with van der Waals surface area (Å²) < 4.78 is 33.2. The van der Waals surface area contributed by atoms with Crippen LogP contribution in [0.25, 0.3) is 0 Å². The van der Waals surface area contributed by atoms with Gasteiger partial charge in [0.2, 0.25) is 10.0 Å². The SMILES string of the molecule is COc1cc(C)cc(C)c1S(=O)(=O)N[C@H]1C=CC[C@H](C(=O)O)C1. The summed E-state index contributed by atoms with van der Waals surface area (Å²) in [5, 5.41) is 9.10. The standard InChI is InChI=1S/C16H21NO5S/c1-10-7-11(2)15(14(8-10)22-3)23(20,21)17-13-6-4-5-12(9-13)16(18)19/h4,6-8,12-13,17H,5,9H2,1-3H3,(H,18,19)/t12-,13-/m0/s1. The van der Waals surface area contributed by atoms with Crippen LogP contribution in [0.3, 0.4) is 0 Å². The van der Waals surface area contributed by atoms with E-state index in [1.54, 1.807) is 31.2 Å². The van der Waals surface area contributed by atoms with Gasteiger partial charge in [-0.3, -0.25) is 4.79 Å². The van der Waals surface area contributed by atoms with Gasteiger partial charge in [-0.2, -0.15) is 0 Å². The fourth-order valence-electron chi connectivity index (χ4n) is 2.85. The summed E-state index contributed by atoms with van der Waals surface area (Å²) in [5.41, 5.74) is 1.49. The van der Waals surface area contributed by atoms with Gasteiger partial charge in [0.25, 0.3) is 0 Å². The van der Waals surface area contributed by atoms with Crippen molar-refractivity contribution in [2.24, 2.45) is 5.92 Å². The molecule has 0 saturated heterocycles. The molecule has 0 heterocycles. The van der Waals surface area contributed by atoms with Gasteiger partial charge in [0.15, 0.2) is 0 Å². The zero-order valence-electron chi connectivity index (χ0n) is 13.4. The third kappa shape index (κ3) is 3.92. The second-order valence-corrected chi connectivity index (χ2v) is 7.43. The van der Waals surface area contributed by atoms with Crippen LogP contribution in [0.2, 0.25) is 0 Å². The van der Waals surface area contributed by atoms with E-state index in [1.807, 2.05) is 6.92 Å². The lowest BCUT2D eigenvalue weighted by atomic mass is 9.92. The number of hydrogen-bond donors (Lipinski definition) is 2. The molecule has 0 bridgehead atoms. The number of allylic oxidation sites excluding steroid dienone is 1. The summed E-state index contributed by atoms with van der Waals surface area (Å²) >= 11 is 0. The van der Waals surface area contributed by atoms with Gasteiger partial charge in [-0.05, 0) is 43.9 Å². The van der Waals surface area contributed by atoms with Crippen molar-refractivity contribution in [1.29, 1.82) is 0 Å². The Bertz CT molecular complexity index is 739. The average Bonchev–Trinajstić information content (AvgIpc) is 2.45. The number of benzene rings is 1. The number of carboxylic acid groups (broad SMARTS) is 1. The van der Waals surface area contributed by atoms with Crippen LogP contribution in [-0.2, 0) is 14.8 Å². The molecule has 1 aliphatic rings. The highest BCUT2D eigenvalue weighted by Gasteiger charge is 2.29. The van der Waals surface area contributed by atoms with E-state index < -0.39 is 28.0 Å². The average molecular weight is 339 g/mol. The Kier molecular flexibility index (Phi) is 5.11. The molecule has 0 aliphatic heterocycles. The Balaban J connectivity index is 2.31. The number of rotatable bonds is 5. The second kappa shape index (κ2) is 6.72. The van der Waals surface area contributed by atoms with E-state index in [0.717, 1.165) is 5.56 Å². The molecule has 0 radical (unpaired) electrons. The molecule has 7 heteroatoms. The molecule has 6 nitrogen and oxygen atoms in total. The molecule has 0 saturated carbocycles. The molecule has 2 N–H and O–H groups in total. The molecule has 2 rings (SSSR count). The summed E-state index contributed by atoms with van der Waals surface area (Å²) in [6, 6.07) is 2.90. The van der Waals surface area contributed by atoms with Crippen LogP contribution in [0.15, 0.2) is 29.2 Å². The second-order valence-electron chi connectivity index (χ2n) is 5.78. The largest absolute Gasteiger partial charge is 0.495 e. The van der Waals surface area contributed by atoms with Crippen molar-refractivity contribution in [1.82, 2.24) is 4.72 Å².